The Bertz CT molecular complexity index is 614. The second kappa shape index (κ2) is 9.12. The van der Waals surface area contributed by atoms with E-state index >= 15 is 0 Å². The molecule has 1 N–H and O–H groups in total. The van der Waals surface area contributed by atoms with Gasteiger partial charge in [-0.2, -0.15) is 0 Å². The van der Waals surface area contributed by atoms with Crippen molar-refractivity contribution in [3.63, 3.8) is 0 Å². The number of amides is 2. The van der Waals surface area contributed by atoms with Gasteiger partial charge in [-0.25, -0.2) is 0 Å². The first-order valence-electron chi connectivity index (χ1n) is 9.12. The summed E-state index contributed by atoms with van der Waals surface area (Å²) >= 11 is 0. The Hall–Kier alpha value is -1.96. The topological polar surface area (TPSA) is 71.1 Å². The fourth-order valence-electron chi connectivity index (χ4n) is 3.32. The second-order valence-corrected chi connectivity index (χ2v) is 6.81. The fourth-order valence-corrected chi connectivity index (χ4v) is 3.32. The van der Waals surface area contributed by atoms with Crippen LogP contribution in [0.2, 0.25) is 0 Å². The summed E-state index contributed by atoms with van der Waals surface area (Å²) in [5.41, 5.74) is 1.98. The lowest BCUT2D eigenvalue weighted by molar-refractivity contribution is -0.128. The zero-order valence-electron chi connectivity index (χ0n) is 15.3. The van der Waals surface area contributed by atoms with Gasteiger partial charge in [0.15, 0.2) is 0 Å². The smallest absolute Gasteiger partial charge is 0.229 e. The van der Waals surface area contributed by atoms with Crippen LogP contribution < -0.4 is 5.32 Å². The summed E-state index contributed by atoms with van der Waals surface area (Å²) in [6.07, 6.45) is 0.269. The molecule has 7 heteroatoms. The van der Waals surface area contributed by atoms with Crippen molar-refractivity contribution >= 4 is 17.5 Å². The van der Waals surface area contributed by atoms with E-state index in [9.17, 15) is 9.59 Å². The number of anilines is 1. The molecule has 3 rings (SSSR count). The van der Waals surface area contributed by atoms with E-state index in [-0.39, 0.29) is 24.2 Å². The summed E-state index contributed by atoms with van der Waals surface area (Å²) in [5.74, 6) is -0.380. The quantitative estimate of drug-likeness (QED) is 0.783. The van der Waals surface area contributed by atoms with Crippen LogP contribution in [-0.2, 0) is 25.6 Å². The molecule has 0 spiro atoms. The summed E-state index contributed by atoms with van der Waals surface area (Å²) < 4.78 is 10.4. The average Bonchev–Trinajstić information content (AvgIpc) is 3.03. The number of methoxy groups -OCH3 is 1. The molecule has 1 unspecified atom stereocenters. The monoisotopic (exact) mass is 361 g/mol. The number of hydrogen-bond donors (Lipinski definition) is 1. The maximum absolute atomic E-state index is 12.4. The largest absolute Gasteiger partial charge is 0.383 e. The fraction of sp³-hybridized carbons (Fsp3) is 0.579. The number of morpholine rings is 1. The van der Waals surface area contributed by atoms with Crippen molar-refractivity contribution in [1.82, 2.24) is 9.80 Å². The molecule has 0 bridgehead atoms. The number of benzene rings is 1. The van der Waals surface area contributed by atoms with Crippen LogP contribution in [0.15, 0.2) is 24.3 Å². The molecule has 1 atom stereocenters. The maximum atomic E-state index is 12.4. The predicted octanol–water partition coefficient (Wildman–Crippen LogP) is 0.952. The summed E-state index contributed by atoms with van der Waals surface area (Å²) in [7, 11) is 1.60. The third kappa shape index (κ3) is 5.03. The average molecular weight is 361 g/mol. The van der Waals surface area contributed by atoms with Crippen LogP contribution in [0.4, 0.5) is 5.69 Å². The van der Waals surface area contributed by atoms with E-state index in [4.69, 9.17) is 9.47 Å². The predicted molar refractivity (Wildman–Crippen MR) is 97.7 cm³/mol. The minimum atomic E-state index is -0.299. The highest BCUT2D eigenvalue weighted by molar-refractivity contribution is 5.97. The SMILES string of the molecule is COCCN1CC(C(=O)Nc2ccc(CN3CCOCC3)cc2)CC1=O. The summed E-state index contributed by atoms with van der Waals surface area (Å²) in [6, 6.07) is 7.92. The molecule has 2 aliphatic heterocycles. The third-order valence-corrected chi connectivity index (χ3v) is 4.88. The molecule has 2 aliphatic rings. The lowest BCUT2D eigenvalue weighted by atomic mass is 10.1. The molecule has 26 heavy (non-hydrogen) atoms. The number of carbonyl (C=O) groups excluding carboxylic acids is 2. The number of likely N-dealkylation sites (tertiary alicyclic amines) is 1. The number of nitrogens with zero attached hydrogens (tertiary/aromatic N) is 2. The summed E-state index contributed by atoms with van der Waals surface area (Å²) in [5, 5.41) is 2.93. The van der Waals surface area contributed by atoms with Gasteiger partial charge in [-0.15, -0.1) is 0 Å². The number of hydrogen-bond acceptors (Lipinski definition) is 5. The molecule has 0 radical (unpaired) electrons. The first-order valence-corrected chi connectivity index (χ1v) is 9.12. The van der Waals surface area contributed by atoms with Crippen LogP contribution in [0.25, 0.3) is 0 Å². The Morgan fingerprint density at radius 1 is 1.27 bits per heavy atom. The molecule has 0 saturated carbocycles. The van der Waals surface area contributed by atoms with Crippen LogP contribution in [0.3, 0.4) is 0 Å². The Morgan fingerprint density at radius 3 is 2.69 bits per heavy atom. The van der Waals surface area contributed by atoms with Gasteiger partial charge in [0, 0.05) is 51.9 Å². The normalized spacial score (nSPS) is 21.2. The molecule has 7 nitrogen and oxygen atoms in total. The minimum absolute atomic E-state index is 0.0167. The summed E-state index contributed by atoms with van der Waals surface area (Å²) in [6.45, 7) is 5.86. The molecular formula is C19H27N3O4. The van der Waals surface area contributed by atoms with Gasteiger partial charge in [-0.05, 0) is 17.7 Å². The molecule has 2 fully saturated rings. The highest BCUT2D eigenvalue weighted by Crippen LogP contribution is 2.20. The van der Waals surface area contributed by atoms with Gasteiger partial charge in [0.1, 0.15) is 0 Å². The molecule has 2 heterocycles. The van der Waals surface area contributed by atoms with Crippen molar-refractivity contribution in [2.24, 2.45) is 5.92 Å². The Morgan fingerprint density at radius 2 is 2.00 bits per heavy atom. The maximum Gasteiger partial charge on any atom is 0.229 e. The van der Waals surface area contributed by atoms with Gasteiger partial charge in [0.25, 0.3) is 0 Å². The standard InChI is InChI=1S/C19H27N3O4/c1-25-9-8-22-14-16(12-18(22)23)19(24)20-17-4-2-15(3-5-17)13-21-6-10-26-11-7-21/h2-5,16H,6-14H2,1H3,(H,20,24). The van der Waals surface area contributed by atoms with Crippen LogP contribution >= 0.6 is 0 Å². The van der Waals surface area contributed by atoms with Gasteiger partial charge in [-0.3, -0.25) is 14.5 Å². The van der Waals surface area contributed by atoms with E-state index in [1.807, 2.05) is 24.3 Å². The highest BCUT2D eigenvalue weighted by Gasteiger charge is 2.33. The Balaban J connectivity index is 1.49. The van der Waals surface area contributed by atoms with Gasteiger partial charge >= 0.3 is 0 Å². The highest BCUT2D eigenvalue weighted by atomic mass is 16.5. The number of rotatable bonds is 7. The number of ether oxygens (including phenoxy) is 2. The molecule has 2 amide bonds. The van der Waals surface area contributed by atoms with Crippen molar-refractivity contribution in [1.29, 1.82) is 0 Å². The van der Waals surface area contributed by atoms with Crippen molar-refractivity contribution in [2.75, 3.05) is 58.4 Å². The Kier molecular flexibility index (Phi) is 6.60. The van der Waals surface area contributed by atoms with Crippen molar-refractivity contribution in [3.8, 4) is 0 Å². The van der Waals surface area contributed by atoms with E-state index in [1.54, 1.807) is 12.0 Å². The van der Waals surface area contributed by atoms with Crippen molar-refractivity contribution in [2.45, 2.75) is 13.0 Å². The zero-order chi connectivity index (χ0) is 18.4. The molecule has 0 aromatic heterocycles. The number of nitrogens with one attached hydrogen (secondary N) is 1. The third-order valence-electron chi connectivity index (χ3n) is 4.88. The van der Waals surface area contributed by atoms with E-state index in [0.717, 1.165) is 38.5 Å². The summed E-state index contributed by atoms with van der Waals surface area (Å²) in [4.78, 5) is 28.4. The molecule has 1 aromatic carbocycles. The molecule has 142 valence electrons. The van der Waals surface area contributed by atoms with E-state index in [2.05, 4.69) is 10.2 Å². The zero-order valence-corrected chi connectivity index (χ0v) is 15.3. The first kappa shape index (κ1) is 18.8. The van der Waals surface area contributed by atoms with E-state index in [0.29, 0.717) is 19.7 Å². The molecular weight excluding hydrogens is 334 g/mol. The first-order chi connectivity index (χ1) is 12.7. The molecule has 2 saturated heterocycles. The van der Waals surface area contributed by atoms with Gasteiger partial charge in [0.05, 0.1) is 25.7 Å². The lowest BCUT2D eigenvalue weighted by Gasteiger charge is -2.26. The Labute approximate surface area is 154 Å². The van der Waals surface area contributed by atoms with Crippen molar-refractivity contribution < 1.29 is 19.1 Å². The van der Waals surface area contributed by atoms with Crippen LogP contribution in [0.5, 0.6) is 0 Å². The van der Waals surface area contributed by atoms with Crippen LogP contribution in [0.1, 0.15) is 12.0 Å². The van der Waals surface area contributed by atoms with E-state index < -0.39 is 0 Å². The van der Waals surface area contributed by atoms with Crippen LogP contribution in [-0.4, -0.2) is 74.7 Å². The van der Waals surface area contributed by atoms with Crippen LogP contribution in [0, 0.1) is 5.92 Å². The van der Waals surface area contributed by atoms with Gasteiger partial charge in [-0.1, -0.05) is 12.1 Å². The lowest BCUT2D eigenvalue weighted by Crippen LogP contribution is -2.35. The number of carbonyl (C=O) groups is 2. The minimum Gasteiger partial charge on any atom is -0.383 e. The van der Waals surface area contributed by atoms with Crippen molar-refractivity contribution in [3.05, 3.63) is 29.8 Å². The molecule has 1 aromatic rings. The molecule has 0 aliphatic carbocycles. The van der Waals surface area contributed by atoms with Gasteiger partial charge in [0.2, 0.25) is 11.8 Å². The van der Waals surface area contributed by atoms with E-state index in [1.165, 1.54) is 5.56 Å². The van der Waals surface area contributed by atoms with Gasteiger partial charge < -0.3 is 19.7 Å². The second-order valence-electron chi connectivity index (χ2n) is 6.81.